The average Bonchev–Trinajstić information content (AvgIpc) is 3.39. The zero-order valence-electron chi connectivity index (χ0n) is 16.2. The highest BCUT2D eigenvalue weighted by molar-refractivity contribution is 7.17. The van der Waals surface area contributed by atoms with Crippen molar-refractivity contribution in [1.82, 2.24) is 5.32 Å². The molecule has 0 aliphatic heterocycles. The van der Waals surface area contributed by atoms with Crippen LogP contribution >= 0.6 is 11.3 Å². The second-order valence-corrected chi connectivity index (χ2v) is 8.32. The van der Waals surface area contributed by atoms with Gasteiger partial charge >= 0.3 is 0 Å². The molecule has 1 aromatic heterocycles. The number of benzene rings is 2. The number of anilines is 1. The molecular weight excluding hydrogens is 401 g/mol. The lowest BCUT2D eigenvalue weighted by atomic mass is 10.1. The number of carbonyl (C=O) groups excluding carboxylic acids is 2. The van der Waals surface area contributed by atoms with E-state index in [1.807, 2.05) is 13.0 Å². The number of carbonyl (C=O) groups is 2. The molecule has 150 valence electrons. The third-order valence-electron chi connectivity index (χ3n) is 4.80. The number of aryl methyl sites for hydroxylation is 1. The highest BCUT2D eigenvalue weighted by atomic mass is 32.1. The van der Waals surface area contributed by atoms with Crippen LogP contribution in [0, 0.1) is 24.1 Å². The van der Waals surface area contributed by atoms with Crippen molar-refractivity contribution in [1.29, 1.82) is 5.26 Å². The van der Waals surface area contributed by atoms with Gasteiger partial charge < -0.3 is 10.6 Å². The van der Waals surface area contributed by atoms with Gasteiger partial charge in [-0.1, -0.05) is 6.07 Å². The topological polar surface area (TPSA) is 82.0 Å². The molecule has 0 atom stereocenters. The predicted octanol–water partition coefficient (Wildman–Crippen LogP) is 4.88. The molecule has 2 N–H and O–H groups in total. The number of hydrogen-bond donors (Lipinski definition) is 2. The fraction of sp³-hybridized carbons (Fsp3) is 0.174. The lowest BCUT2D eigenvalue weighted by Crippen LogP contribution is -2.25. The Morgan fingerprint density at radius 1 is 1.10 bits per heavy atom. The number of amides is 2. The normalized spacial score (nSPS) is 12.8. The van der Waals surface area contributed by atoms with Crippen LogP contribution in [0.3, 0.4) is 0 Å². The Labute approximate surface area is 177 Å². The summed E-state index contributed by atoms with van der Waals surface area (Å²) >= 11 is 1.21. The van der Waals surface area contributed by atoms with Crippen molar-refractivity contribution in [3.63, 3.8) is 0 Å². The van der Waals surface area contributed by atoms with E-state index >= 15 is 0 Å². The van der Waals surface area contributed by atoms with Crippen LogP contribution < -0.4 is 10.6 Å². The van der Waals surface area contributed by atoms with Gasteiger partial charge in [0.2, 0.25) is 0 Å². The van der Waals surface area contributed by atoms with Crippen LogP contribution in [0.4, 0.5) is 10.1 Å². The van der Waals surface area contributed by atoms with E-state index in [1.165, 1.54) is 23.5 Å². The molecule has 4 rings (SSSR count). The molecule has 0 saturated heterocycles. The van der Waals surface area contributed by atoms with Crippen LogP contribution in [0.25, 0.3) is 10.4 Å². The monoisotopic (exact) mass is 419 g/mol. The van der Waals surface area contributed by atoms with Gasteiger partial charge in [-0.3, -0.25) is 9.59 Å². The summed E-state index contributed by atoms with van der Waals surface area (Å²) < 4.78 is 13.7. The minimum atomic E-state index is -0.500. The minimum Gasteiger partial charge on any atom is -0.349 e. The molecule has 1 saturated carbocycles. The third-order valence-corrected chi connectivity index (χ3v) is 5.93. The fourth-order valence-electron chi connectivity index (χ4n) is 2.99. The summed E-state index contributed by atoms with van der Waals surface area (Å²) in [5.41, 5.74) is 2.67. The van der Waals surface area contributed by atoms with Gasteiger partial charge in [0.25, 0.3) is 11.8 Å². The van der Waals surface area contributed by atoms with Gasteiger partial charge in [0.05, 0.1) is 16.5 Å². The Morgan fingerprint density at radius 3 is 2.63 bits per heavy atom. The Kier molecular flexibility index (Phi) is 5.34. The van der Waals surface area contributed by atoms with E-state index in [-0.39, 0.29) is 23.4 Å². The van der Waals surface area contributed by atoms with Crippen LogP contribution in [-0.4, -0.2) is 17.9 Å². The quantitative estimate of drug-likeness (QED) is 0.618. The molecule has 0 bridgehead atoms. The molecule has 5 nitrogen and oxygen atoms in total. The molecule has 0 unspecified atom stereocenters. The molecule has 1 heterocycles. The Balaban J connectivity index is 1.53. The number of nitriles is 1. The molecule has 30 heavy (non-hydrogen) atoms. The van der Waals surface area contributed by atoms with Crippen molar-refractivity contribution in [2.24, 2.45) is 0 Å². The zero-order chi connectivity index (χ0) is 21.3. The van der Waals surface area contributed by atoms with Crippen LogP contribution in [0.1, 0.15) is 44.0 Å². The number of hydrogen-bond acceptors (Lipinski definition) is 4. The van der Waals surface area contributed by atoms with Gasteiger partial charge in [-0.2, -0.15) is 5.26 Å². The zero-order valence-corrected chi connectivity index (χ0v) is 17.0. The molecule has 1 aliphatic rings. The maximum atomic E-state index is 13.7. The average molecular weight is 419 g/mol. The highest BCUT2D eigenvalue weighted by Crippen LogP contribution is 2.30. The summed E-state index contributed by atoms with van der Waals surface area (Å²) in [6.07, 6.45) is 2.01. The van der Waals surface area contributed by atoms with Crippen LogP contribution in [-0.2, 0) is 0 Å². The maximum absolute atomic E-state index is 13.7. The van der Waals surface area contributed by atoms with E-state index in [0.717, 1.165) is 18.4 Å². The van der Waals surface area contributed by atoms with Crippen molar-refractivity contribution < 1.29 is 14.0 Å². The van der Waals surface area contributed by atoms with Crippen molar-refractivity contribution in [2.75, 3.05) is 5.32 Å². The molecule has 2 aromatic carbocycles. The minimum absolute atomic E-state index is 0.147. The molecule has 2 amide bonds. The standard InChI is InChI=1S/C23H18FN3O2S/c1-13-2-3-15(22(28)26-18-4-5-18)11-19(13)27-23(29)21-7-6-20(30-21)16-8-14(12-25)9-17(24)10-16/h2-3,6-11,18H,4-5H2,1H3,(H,26,28)(H,27,29). The van der Waals surface area contributed by atoms with Gasteiger partial charge in [0, 0.05) is 22.2 Å². The van der Waals surface area contributed by atoms with E-state index in [1.54, 1.807) is 36.4 Å². The number of nitrogens with one attached hydrogen (secondary N) is 2. The Morgan fingerprint density at radius 2 is 1.90 bits per heavy atom. The van der Waals surface area contributed by atoms with E-state index in [9.17, 15) is 14.0 Å². The fourth-order valence-corrected chi connectivity index (χ4v) is 3.88. The Hall–Kier alpha value is -3.50. The van der Waals surface area contributed by atoms with E-state index in [0.29, 0.717) is 26.6 Å². The number of rotatable bonds is 5. The van der Waals surface area contributed by atoms with Crippen LogP contribution in [0.2, 0.25) is 0 Å². The van der Waals surface area contributed by atoms with Gasteiger partial charge in [0.15, 0.2) is 0 Å². The molecule has 1 aliphatic carbocycles. The van der Waals surface area contributed by atoms with Gasteiger partial charge in [-0.25, -0.2) is 4.39 Å². The molecule has 1 fully saturated rings. The first-order valence-electron chi connectivity index (χ1n) is 9.47. The first kappa shape index (κ1) is 19.8. The highest BCUT2D eigenvalue weighted by Gasteiger charge is 2.24. The largest absolute Gasteiger partial charge is 0.349 e. The molecule has 0 spiro atoms. The maximum Gasteiger partial charge on any atom is 0.265 e. The number of thiophene rings is 1. The van der Waals surface area contributed by atoms with Crippen molar-refractivity contribution in [3.05, 3.63) is 75.9 Å². The molecule has 0 radical (unpaired) electrons. The molecular formula is C23H18FN3O2S. The van der Waals surface area contributed by atoms with Gasteiger partial charge in [0.1, 0.15) is 5.82 Å². The van der Waals surface area contributed by atoms with E-state index in [2.05, 4.69) is 10.6 Å². The lowest BCUT2D eigenvalue weighted by Gasteiger charge is -2.10. The van der Waals surface area contributed by atoms with Gasteiger partial charge in [-0.05, 0) is 73.4 Å². The van der Waals surface area contributed by atoms with Crippen LogP contribution in [0.15, 0.2) is 48.5 Å². The Bertz CT molecular complexity index is 1190. The summed E-state index contributed by atoms with van der Waals surface area (Å²) in [6.45, 7) is 1.86. The number of nitrogens with zero attached hydrogens (tertiary/aromatic N) is 1. The van der Waals surface area contributed by atoms with Gasteiger partial charge in [-0.15, -0.1) is 11.3 Å². The summed E-state index contributed by atoms with van der Waals surface area (Å²) in [4.78, 5) is 26.2. The lowest BCUT2D eigenvalue weighted by molar-refractivity contribution is 0.0949. The third kappa shape index (κ3) is 4.39. The van der Waals surface area contributed by atoms with Crippen molar-refractivity contribution in [3.8, 4) is 16.5 Å². The molecule has 7 heteroatoms. The van der Waals surface area contributed by atoms with Crippen LogP contribution in [0.5, 0.6) is 0 Å². The van der Waals surface area contributed by atoms with E-state index < -0.39 is 5.82 Å². The van der Waals surface area contributed by atoms with E-state index in [4.69, 9.17) is 5.26 Å². The van der Waals surface area contributed by atoms with Crippen molar-refractivity contribution >= 4 is 28.8 Å². The smallest absolute Gasteiger partial charge is 0.265 e. The summed E-state index contributed by atoms with van der Waals surface area (Å²) in [5.74, 6) is -0.961. The van der Waals surface area contributed by atoms with Crippen molar-refractivity contribution in [2.45, 2.75) is 25.8 Å². The summed E-state index contributed by atoms with van der Waals surface area (Å²) in [6, 6.07) is 14.9. The second kappa shape index (κ2) is 8.09. The summed E-state index contributed by atoms with van der Waals surface area (Å²) in [7, 11) is 0. The summed E-state index contributed by atoms with van der Waals surface area (Å²) in [5, 5.41) is 14.8. The molecule has 3 aromatic rings. The predicted molar refractivity (Wildman–Crippen MR) is 114 cm³/mol. The first-order chi connectivity index (χ1) is 14.4. The number of halogens is 1. The second-order valence-electron chi connectivity index (χ2n) is 7.24. The first-order valence-corrected chi connectivity index (χ1v) is 10.3. The SMILES string of the molecule is Cc1ccc(C(=O)NC2CC2)cc1NC(=O)c1ccc(-c2cc(F)cc(C#N)c2)s1.